The van der Waals surface area contributed by atoms with Crippen molar-refractivity contribution >= 4 is 32.4 Å². The third-order valence-electron chi connectivity index (χ3n) is 7.34. The average molecular weight is 529 g/mol. The van der Waals surface area contributed by atoms with Crippen molar-refractivity contribution in [2.24, 2.45) is 10.1 Å². The number of alkyl halides is 2. The van der Waals surface area contributed by atoms with Gasteiger partial charge in [0, 0.05) is 30.6 Å². The molecule has 2 aromatic carbocycles. The maximum atomic E-state index is 14.1. The number of hydrogen-bond donors (Lipinski definition) is 2. The molecule has 3 aliphatic rings. The van der Waals surface area contributed by atoms with Gasteiger partial charge >= 0.3 is 0 Å². The Morgan fingerprint density at radius 2 is 2.03 bits per heavy atom. The molecule has 1 saturated carbocycles. The minimum Gasteiger partial charge on any atom is -0.377 e. The van der Waals surface area contributed by atoms with Crippen LogP contribution in [0, 0.1) is 0 Å². The lowest BCUT2D eigenvalue weighted by molar-refractivity contribution is -0.0461. The van der Waals surface area contributed by atoms with Gasteiger partial charge in [0.05, 0.1) is 50.7 Å². The Morgan fingerprint density at radius 1 is 1.22 bits per heavy atom. The normalized spacial score (nSPS) is 23.2. The zero-order chi connectivity index (χ0) is 25.6. The van der Waals surface area contributed by atoms with E-state index in [1.54, 1.807) is 6.07 Å². The van der Waals surface area contributed by atoms with Gasteiger partial charge in [-0.2, -0.15) is 4.98 Å². The third-order valence-corrected chi connectivity index (χ3v) is 9.80. The van der Waals surface area contributed by atoms with Crippen LogP contribution in [0.1, 0.15) is 36.8 Å². The van der Waals surface area contributed by atoms with Gasteiger partial charge in [-0.15, -0.1) is 0 Å². The van der Waals surface area contributed by atoms with Gasteiger partial charge in [0.25, 0.3) is 6.43 Å². The second-order valence-corrected chi connectivity index (χ2v) is 12.6. The fraction of sp³-hybridized carbons (Fsp3) is 0.462. The standard InChI is InChI=1S/C26H30F2N6O2S/c27-23(28)17-8-9-21-20(12-17)24(30-14-26(29)15-36-16-26)32-25(31-21)34-10-11-37(35,33-19-5-3-6-19)22-7-2-1-4-18(22)13-34/h1-2,4,7-9,12,19,23H,3,5-6,10-11,13-16,29H2,(H,30,31,32). The molecular weight excluding hydrogens is 498 g/mol. The first-order chi connectivity index (χ1) is 17.8. The van der Waals surface area contributed by atoms with Crippen molar-refractivity contribution in [1.29, 1.82) is 0 Å². The van der Waals surface area contributed by atoms with Gasteiger partial charge in [-0.3, -0.25) is 0 Å². The van der Waals surface area contributed by atoms with Crippen LogP contribution in [0.4, 0.5) is 20.5 Å². The monoisotopic (exact) mass is 528 g/mol. The number of nitrogens with two attached hydrogens (primary N) is 1. The molecule has 37 heavy (non-hydrogen) atoms. The lowest BCUT2D eigenvalue weighted by Gasteiger charge is -2.38. The molecule has 3 heterocycles. The summed E-state index contributed by atoms with van der Waals surface area (Å²) in [6.45, 7) is 2.15. The molecule has 0 spiro atoms. The van der Waals surface area contributed by atoms with Crippen LogP contribution in [-0.4, -0.2) is 57.8 Å². The lowest BCUT2D eigenvalue weighted by atomic mass is 9.95. The number of hydrogen-bond acceptors (Lipinski definition) is 8. The number of rotatable bonds is 6. The van der Waals surface area contributed by atoms with E-state index in [0.717, 1.165) is 29.7 Å². The maximum absolute atomic E-state index is 14.1. The van der Waals surface area contributed by atoms with Crippen LogP contribution in [-0.2, 0) is 21.0 Å². The van der Waals surface area contributed by atoms with Gasteiger partial charge in [-0.25, -0.2) is 22.3 Å². The first kappa shape index (κ1) is 24.4. The van der Waals surface area contributed by atoms with Crippen LogP contribution in [0.3, 0.4) is 0 Å². The van der Waals surface area contributed by atoms with Gasteiger partial charge in [0.1, 0.15) is 5.82 Å². The SMILES string of the molecule is NC1(CNc2nc(N3CCS(=O)(=NC4CCC4)c4ccccc4C3)nc3ccc(C(F)F)cc23)COC1. The topological polar surface area (TPSA) is 106 Å². The number of nitrogens with zero attached hydrogens (tertiary/aromatic N) is 4. The molecule has 2 aliphatic heterocycles. The third kappa shape index (κ3) is 4.75. The van der Waals surface area contributed by atoms with Crippen molar-refractivity contribution < 1.29 is 17.7 Å². The molecule has 0 radical (unpaired) electrons. The Morgan fingerprint density at radius 3 is 2.73 bits per heavy atom. The molecule has 8 nitrogen and oxygen atoms in total. The highest BCUT2D eigenvalue weighted by atomic mass is 32.2. The molecule has 6 rings (SSSR count). The van der Waals surface area contributed by atoms with Crippen LogP contribution >= 0.6 is 0 Å². The van der Waals surface area contributed by atoms with Crippen molar-refractivity contribution in [2.45, 2.75) is 48.7 Å². The fourth-order valence-electron chi connectivity index (χ4n) is 4.86. The fourth-order valence-corrected chi connectivity index (χ4v) is 7.29. The zero-order valence-electron chi connectivity index (χ0n) is 20.4. The van der Waals surface area contributed by atoms with Crippen molar-refractivity contribution in [1.82, 2.24) is 9.97 Å². The van der Waals surface area contributed by atoms with Crippen LogP contribution in [0.5, 0.6) is 0 Å². The first-order valence-electron chi connectivity index (χ1n) is 12.6. The van der Waals surface area contributed by atoms with Crippen molar-refractivity contribution in [3.05, 3.63) is 53.6 Å². The van der Waals surface area contributed by atoms with Crippen LogP contribution < -0.4 is 16.0 Å². The summed E-state index contributed by atoms with van der Waals surface area (Å²) in [5.41, 5.74) is 7.16. The quantitative estimate of drug-likeness (QED) is 0.496. The Labute approximate surface area is 214 Å². The molecule has 1 atom stereocenters. The summed E-state index contributed by atoms with van der Waals surface area (Å²) in [7, 11) is -2.58. The van der Waals surface area contributed by atoms with E-state index >= 15 is 0 Å². The van der Waals surface area contributed by atoms with Gasteiger partial charge in [0.15, 0.2) is 0 Å². The van der Waals surface area contributed by atoms with Gasteiger partial charge < -0.3 is 20.7 Å². The molecule has 11 heteroatoms. The summed E-state index contributed by atoms with van der Waals surface area (Å²) >= 11 is 0. The number of fused-ring (bicyclic) bond motifs is 2. The summed E-state index contributed by atoms with van der Waals surface area (Å²) in [6, 6.07) is 12.3. The van der Waals surface area contributed by atoms with Gasteiger partial charge in [-0.05, 0) is 43.0 Å². The highest BCUT2D eigenvalue weighted by Gasteiger charge is 2.34. The van der Waals surface area contributed by atoms with Gasteiger partial charge in [0.2, 0.25) is 5.95 Å². The van der Waals surface area contributed by atoms with Crippen LogP contribution in [0.25, 0.3) is 10.9 Å². The second kappa shape index (κ2) is 9.45. The summed E-state index contributed by atoms with van der Waals surface area (Å²) in [4.78, 5) is 12.3. The number of anilines is 2. The summed E-state index contributed by atoms with van der Waals surface area (Å²) in [5, 5.41) is 3.77. The van der Waals surface area contributed by atoms with E-state index in [0.29, 0.717) is 61.3 Å². The molecular formula is C26H30F2N6O2S. The first-order valence-corrected chi connectivity index (χ1v) is 14.3. The molecule has 1 aliphatic carbocycles. The zero-order valence-corrected chi connectivity index (χ0v) is 21.2. The molecule has 1 aromatic heterocycles. The number of aromatic nitrogens is 2. The molecule has 196 valence electrons. The predicted octanol–water partition coefficient (Wildman–Crippen LogP) is 4.11. The minimum absolute atomic E-state index is 0.0950. The molecule has 1 unspecified atom stereocenters. The van der Waals surface area contributed by atoms with E-state index in [1.807, 2.05) is 29.2 Å². The second-order valence-electron chi connectivity index (χ2n) is 10.2. The highest BCUT2D eigenvalue weighted by Crippen LogP contribution is 2.33. The number of benzene rings is 2. The van der Waals surface area contributed by atoms with Crippen LogP contribution in [0.15, 0.2) is 51.7 Å². The summed E-state index contributed by atoms with van der Waals surface area (Å²) in [5.74, 6) is 1.26. The van der Waals surface area contributed by atoms with Crippen molar-refractivity contribution in [2.75, 3.05) is 42.3 Å². The number of ether oxygens (including phenoxy) is 1. The number of nitrogens with one attached hydrogen (secondary N) is 1. The van der Waals surface area contributed by atoms with E-state index < -0.39 is 21.7 Å². The Balaban J connectivity index is 1.39. The maximum Gasteiger partial charge on any atom is 0.263 e. The minimum atomic E-state index is -2.60. The molecule has 3 aromatic rings. The Hall–Kier alpha value is -2.89. The van der Waals surface area contributed by atoms with E-state index in [1.165, 1.54) is 12.1 Å². The Kier molecular flexibility index (Phi) is 6.24. The Bertz CT molecular complexity index is 1450. The summed E-state index contributed by atoms with van der Waals surface area (Å²) < 4.78 is 51.1. The van der Waals surface area contributed by atoms with Crippen molar-refractivity contribution in [3.8, 4) is 0 Å². The summed E-state index contributed by atoms with van der Waals surface area (Å²) in [6.07, 6.45) is 0.495. The smallest absolute Gasteiger partial charge is 0.263 e. The largest absolute Gasteiger partial charge is 0.377 e. The van der Waals surface area contributed by atoms with E-state index in [4.69, 9.17) is 24.8 Å². The van der Waals surface area contributed by atoms with E-state index in [2.05, 4.69) is 5.32 Å². The van der Waals surface area contributed by atoms with E-state index in [9.17, 15) is 13.0 Å². The highest BCUT2D eigenvalue weighted by molar-refractivity contribution is 7.93. The number of halogens is 2. The van der Waals surface area contributed by atoms with Crippen molar-refractivity contribution in [3.63, 3.8) is 0 Å². The predicted molar refractivity (Wildman–Crippen MR) is 140 cm³/mol. The molecule has 1 saturated heterocycles. The molecule has 0 amide bonds. The lowest BCUT2D eigenvalue weighted by Crippen LogP contribution is -2.61. The van der Waals surface area contributed by atoms with Crippen LogP contribution in [0.2, 0.25) is 0 Å². The average Bonchev–Trinajstić information content (AvgIpc) is 3.00. The van der Waals surface area contributed by atoms with Gasteiger partial charge in [-0.1, -0.05) is 24.3 Å². The molecule has 2 fully saturated rings. The molecule has 0 bridgehead atoms. The molecule has 3 N–H and O–H groups in total. The van der Waals surface area contributed by atoms with E-state index in [-0.39, 0.29) is 11.6 Å².